The number of rotatable bonds is 3. The fourth-order valence-electron chi connectivity index (χ4n) is 2.46. The van der Waals surface area contributed by atoms with Crippen LogP contribution in [0.1, 0.15) is 27.8 Å². The molecule has 0 amide bonds. The summed E-state index contributed by atoms with van der Waals surface area (Å²) in [5.74, 6) is 0. The van der Waals surface area contributed by atoms with Gasteiger partial charge < -0.3 is 4.90 Å². The fourth-order valence-corrected chi connectivity index (χ4v) is 2.46. The number of hydrogen-bond acceptors (Lipinski definition) is 2. The number of hydrogen-bond donors (Lipinski definition) is 0. The highest BCUT2D eigenvalue weighted by atomic mass is 15.1. The minimum absolute atomic E-state index is 0.723. The summed E-state index contributed by atoms with van der Waals surface area (Å²) in [6.07, 6.45) is 0. The first-order chi connectivity index (χ1) is 9.49. The maximum atomic E-state index is 8.91. The predicted molar refractivity (Wildman–Crippen MR) is 83.9 cm³/mol. The fraction of sp³-hybridized carbons (Fsp3) is 0.278. The first-order valence-corrected chi connectivity index (χ1v) is 6.78. The summed E-state index contributed by atoms with van der Waals surface area (Å²) in [7, 11) is 2.10. The molecule has 0 unspecified atom stereocenters. The Kier molecular flexibility index (Phi) is 4.10. The molecule has 20 heavy (non-hydrogen) atoms. The zero-order valence-corrected chi connectivity index (χ0v) is 12.6. The first-order valence-electron chi connectivity index (χ1n) is 6.78. The highest BCUT2D eigenvalue weighted by Crippen LogP contribution is 2.21. The van der Waals surface area contributed by atoms with Crippen molar-refractivity contribution in [1.82, 2.24) is 0 Å². The lowest BCUT2D eigenvalue weighted by molar-refractivity contribution is 0.912. The number of benzene rings is 2. The molecule has 0 spiro atoms. The van der Waals surface area contributed by atoms with Gasteiger partial charge in [-0.15, -0.1) is 0 Å². The van der Waals surface area contributed by atoms with E-state index in [9.17, 15) is 0 Å². The number of aryl methyl sites for hydroxylation is 3. The second kappa shape index (κ2) is 5.79. The van der Waals surface area contributed by atoms with Gasteiger partial charge in [-0.05, 0) is 67.3 Å². The van der Waals surface area contributed by atoms with Crippen LogP contribution in [0.3, 0.4) is 0 Å². The largest absolute Gasteiger partial charge is 0.370 e. The molecule has 0 fully saturated rings. The highest BCUT2D eigenvalue weighted by molar-refractivity contribution is 5.51. The van der Waals surface area contributed by atoms with Gasteiger partial charge in [-0.2, -0.15) is 5.26 Å². The molecular formula is C18H20N2. The normalized spacial score (nSPS) is 10.2. The standard InChI is InChI=1S/C18H20N2/c1-13-7-14(2)9-18(8-13)20(4)12-17-6-5-16(11-19)10-15(17)3/h5-10H,12H2,1-4H3. The van der Waals surface area contributed by atoms with Crippen LogP contribution in [-0.4, -0.2) is 7.05 Å². The van der Waals surface area contributed by atoms with Gasteiger partial charge >= 0.3 is 0 Å². The van der Waals surface area contributed by atoms with Gasteiger partial charge in [-0.3, -0.25) is 0 Å². The molecule has 0 radical (unpaired) electrons. The second-order valence-corrected chi connectivity index (χ2v) is 5.46. The topological polar surface area (TPSA) is 27.0 Å². The lowest BCUT2D eigenvalue weighted by Gasteiger charge is -2.21. The Balaban J connectivity index is 2.23. The molecule has 0 aliphatic rings. The average molecular weight is 264 g/mol. The van der Waals surface area contributed by atoms with Gasteiger partial charge in [-0.25, -0.2) is 0 Å². The van der Waals surface area contributed by atoms with Crippen LogP contribution < -0.4 is 4.90 Å². The Bertz CT molecular complexity index is 645. The quantitative estimate of drug-likeness (QED) is 0.833. The zero-order chi connectivity index (χ0) is 14.7. The maximum absolute atomic E-state index is 8.91. The molecule has 102 valence electrons. The van der Waals surface area contributed by atoms with E-state index < -0.39 is 0 Å². The summed E-state index contributed by atoms with van der Waals surface area (Å²) >= 11 is 0. The van der Waals surface area contributed by atoms with Crippen molar-refractivity contribution < 1.29 is 0 Å². The molecular weight excluding hydrogens is 244 g/mol. The Labute approximate surface area is 121 Å². The third kappa shape index (κ3) is 3.19. The smallest absolute Gasteiger partial charge is 0.0991 e. The second-order valence-electron chi connectivity index (χ2n) is 5.46. The van der Waals surface area contributed by atoms with Crippen LogP contribution >= 0.6 is 0 Å². The Morgan fingerprint density at radius 2 is 1.65 bits per heavy atom. The predicted octanol–water partition coefficient (Wildman–Crippen LogP) is 4.12. The van der Waals surface area contributed by atoms with Crippen LogP contribution in [0.2, 0.25) is 0 Å². The number of nitrogens with zero attached hydrogens (tertiary/aromatic N) is 2. The van der Waals surface area contributed by atoms with Crippen LogP contribution in [0.15, 0.2) is 36.4 Å². The lowest BCUT2D eigenvalue weighted by atomic mass is 10.0. The Morgan fingerprint density at radius 3 is 2.20 bits per heavy atom. The molecule has 0 atom stereocenters. The van der Waals surface area contributed by atoms with E-state index in [-0.39, 0.29) is 0 Å². The molecule has 2 nitrogen and oxygen atoms in total. The van der Waals surface area contributed by atoms with E-state index in [1.807, 2.05) is 18.2 Å². The summed E-state index contributed by atoms with van der Waals surface area (Å²) in [6, 6.07) is 14.7. The van der Waals surface area contributed by atoms with Gasteiger partial charge in [0.05, 0.1) is 11.6 Å². The third-order valence-electron chi connectivity index (χ3n) is 3.53. The molecule has 0 saturated heterocycles. The zero-order valence-electron chi connectivity index (χ0n) is 12.6. The molecule has 2 aromatic rings. The summed E-state index contributed by atoms with van der Waals surface area (Å²) in [6.45, 7) is 7.15. The molecule has 0 aliphatic heterocycles. The first kappa shape index (κ1) is 14.1. The molecule has 0 saturated carbocycles. The van der Waals surface area contributed by atoms with Gasteiger partial charge in [-0.1, -0.05) is 12.1 Å². The van der Waals surface area contributed by atoms with Gasteiger partial charge in [0.15, 0.2) is 0 Å². The van der Waals surface area contributed by atoms with E-state index in [2.05, 4.69) is 57.0 Å². The molecule has 0 heterocycles. The lowest BCUT2D eigenvalue weighted by Crippen LogP contribution is -2.17. The monoisotopic (exact) mass is 264 g/mol. The van der Waals surface area contributed by atoms with E-state index in [0.717, 1.165) is 12.1 Å². The molecule has 0 aliphatic carbocycles. The Hall–Kier alpha value is -2.27. The summed E-state index contributed by atoms with van der Waals surface area (Å²) in [5.41, 5.74) is 6.93. The molecule has 2 rings (SSSR count). The minimum atomic E-state index is 0.723. The summed E-state index contributed by atoms with van der Waals surface area (Å²) in [5, 5.41) is 8.91. The van der Waals surface area contributed by atoms with Crippen molar-refractivity contribution in [1.29, 1.82) is 5.26 Å². The van der Waals surface area contributed by atoms with Crippen LogP contribution in [0.4, 0.5) is 5.69 Å². The van der Waals surface area contributed by atoms with Gasteiger partial charge in [0, 0.05) is 19.3 Å². The van der Waals surface area contributed by atoms with Crippen molar-refractivity contribution in [2.24, 2.45) is 0 Å². The molecule has 0 bridgehead atoms. The third-order valence-corrected chi connectivity index (χ3v) is 3.53. The van der Waals surface area contributed by atoms with Gasteiger partial charge in [0.2, 0.25) is 0 Å². The van der Waals surface area contributed by atoms with Crippen LogP contribution in [-0.2, 0) is 6.54 Å². The van der Waals surface area contributed by atoms with E-state index in [1.165, 1.54) is 27.9 Å². The summed E-state index contributed by atoms with van der Waals surface area (Å²) in [4.78, 5) is 2.24. The molecule has 0 N–H and O–H groups in total. The van der Waals surface area contributed by atoms with Crippen molar-refractivity contribution >= 4 is 5.69 Å². The van der Waals surface area contributed by atoms with Crippen LogP contribution in [0.5, 0.6) is 0 Å². The summed E-state index contributed by atoms with van der Waals surface area (Å²) < 4.78 is 0. The van der Waals surface area contributed by atoms with E-state index in [0.29, 0.717) is 0 Å². The van der Waals surface area contributed by atoms with Crippen LogP contribution in [0, 0.1) is 32.1 Å². The molecule has 2 aromatic carbocycles. The van der Waals surface area contributed by atoms with Crippen molar-refractivity contribution in [2.75, 3.05) is 11.9 Å². The molecule has 2 heteroatoms. The van der Waals surface area contributed by atoms with Crippen molar-refractivity contribution in [3.63, 3.8) is 0 Å². The number of anilines is 1. The van der Waals surface area contributed by atoms with E-state index in [1.54, 1.807) is 0 Å². The molecule has 0 aromatic heterocycles. The Morgan fingerprint density at radius 1 is 1.00 bits per heavy atom. The van der Waals surface area contributed by atoms with E-state index in [4.69, 9.17) is 5.26 Å². The SMILES string of the molecule is Cc1cc(C)cc(N(C)Cc2ccc(C#N)cc2C)c1. The van der Waals surface area contributed by atoms with Crippen LogP contribution in [0.25, 0.3) is 0 Å². The average Bonchev–Trinajstić information content (AvgIpc) is 2.39. The minimum Gasteiger partial charge on any atom is -0.370 e. The van der Waals surface area contributed by atoms with Gasteiger partial charge in [0.25, 0.3) is 0 Å². The van der Waals surface area contributed by atoms with Crippen molar-refractivity contribution in [2.45, 2.75) is 27.3 Å². The highest BCUT2D eigenvalue weighted by Gasteiger charge is 2.06. The van der Waals surface area contributed by atoms with E-state index >= 15 is 0 Å². The maximum Gasteiger partial charge on any atom is 0.0991 e. The number of nitriles is 1. The van der Waals surface area contributed by atoms with Gasteiger partial charge in [0.1, 0.15) is 0 Å². The van der Waals surface area contributed by atoms with Crippen molar-refractivity contribution in [3.05, 3.63) is 64.2 Å². The van der Waals surface area contributed by atoms with Crippen molar-refractivity contribution in [3.8, 4) is 6.07 Å².